The third kappa shape index (κ3) is 4.54. The molecule has 4 rings (SSSR count). The number of rotatable bonds is 7. The van der Waals surface area contributed by atoms with Crippen molar-refractivity contribution in [2.24, 2.45) is 11.8 Å². The molecule has 2 aromatic rings. The highest BCUT2D eigenvalue weighted by molar-refractivity contribution is 5.93. The van der Waals surface area contributed by atoms with Crippen LogP contribution in [-0.4, -0.2) is 46.5 Å². The van der Waals surface area contributed by atoms with Crippen molar-refractivity contribution in [1.82, 2.24) is 14.5 Å². The average Bonchev–Trinajstić information content (AvgIpc) is 3.60. The molecule has 0 radical (unpaired) electrons. The zero-order valence-corrected chi connectivity index (χ0v) is 18.6. The van der Waals surface area contributed by atoms with Crippen molar-refractivity contribution in [3.63, 3.8) is 0 Å². The number of aromatic nitrogens is 2. The van der Waals surface area contributed by atoms with E-state index < -0.39 is 5.97 Å². The molecule has 32 heavy (non-hydrogen) atoms. The topological polar surface area (TPSA) is 90.7 Å². The van der Waals surface area contributed by atoms with Crippen molar-refractivity contribution in [3.05, 3.63) is 57.8 Å². The van der Waals surface area contributed by atoms with Gasteiger partial charge in [-0.05, 0) is 30.9 Å². The van der Waals surface area contributed by atoms with Crippen LogP contribution in [0.5, 0.6) is 5.75 Å². The van der Waals surface area contributed by atoms with Crippen LogP contribution in [0.2, 0.25) is 0 Å². The van der Waals surface area contributed by atoms with Crippen molar-refractivity contribution in [2.75, 3.05) is 20.2 Å². The number of hydrogen-bond acceptors (Lipinski definition) is 6. The molecule has 1 fully saturated rings. The molecule has 1 aliphatic heterocycles. The maximum Gasteiger partial charge on any atom is 0.343 e. The van der Waals surface area contributed by atoms with Crippen LogP contribution in [-0.2, 0) is 29.1 Å². The molecule has 0 N–H and O–H groups in total. The van der Waals surface area contributed by atoms with E-state index in [1.807, 2.05) is 11.0 Å². The monoisotopic (exact) mass is 439 g/mol. The van der Waals surface area contributed by atoms with Crippen LogP contribution in [0.4, 0.5) is 0 Å². The molecule has 0 unspecified atom stereocenters. The van der Waals surface area contributed by atoms with E-state index in [0.717, 1.165) is 19.3 Å². The number of nitrogens with zero attached hydrogens (tertiary/aromatic N) is 3. The fourth-order valence-electron chi connectivity index (χ4n) is 4.52. The third-order valence-corrected chi connectivity index (χ3v) is 6.30. The minimum atomic E-state index is -0.560. The van der Waals surface area contributed by atoms with Crippen LogP contribution in [0.15, 0.2) is 35.3 Å². The Morgan fingerprint density at radius 1 is 1.22 bits per heavy atom. The molecule has 0 spiro atoms. The van der Waals surface area contributed by atoms with Gasteiger partial charge >= 0.3 is 5.97 Å². The number of methoxy groups -OCH3 is 1. The molecule has 8 nitrogen and oxygen atoms in total. The van der Waals surface area contributed by atoms with Crippen LogP contribution in [0.1, 0.15) is 47.9 Å². The molecule has 1 saturated carbocycles. The SMILES string of the molecule is CCC[C@H]1C[C@H]1C(=O)N1CCc2c(C(=O)OC)c(OCc3ccccn3)cc(=O)n2CC1. The normalized spacial score (nSPS) is 19.6. The van der Waals surface area contributed by atoms with Gasteiger partial charge in [0.1, 0.15) is 17.9 Å². The van der Waals surface area contributed by atoms with Gasteiger partial charge in [-0.3, -0.25) is 14.6 Å². The summed E-state index contributed by atoms with van der Waals surface area (Å²) in [4.78, 5) is 44.6. The number of amides is 1. The highest BCUT2D eigenvalue weighted by Crippen LogP contribution is 2.43. The van der Waals surface area contributed by atoms with Gasteiger partial charge in [0.15, 0.2) is 0 Å². The van der Waals surface area contributed by atoms with E-state index in [4.69, 9.17) is 9.47 Å². The summed E-state index contributed by atoms with van der Waals surface area (Å²) in [5, 5.41) is 0. The largest absolute Gasteiger partial charge is 0.486 e. The fraction of sp³-hybridized carbons (Fsp3) is 0.500. The third-order valence-electron chi connectivity index (χ3n) is 6.30. The molecule has 0 aromatic carbocycles. The lowest BCUT2D eigenvalue weighted by atomic mass is 10.1. The highest BCUT2D eigenvalue weighted by Gasteiger charge is 2.44. The van der Waals surface area contributed by atoms with Gasteiger partial charge in [0, 0.05) is 49.9 Å². The maximum absolute atomic E-state index is 13.0. The predicted octanol–water partition coefficient (Wildman–Crippen LogP) is 2.43. The number of carbonyl (C=O) groups is 2. The van der Waals surface area contributed by atoms with Crippen molar-refractivity contribution >= 4 is 11.9 Å². The Kier molecular flexibility index (Phi) is 6.58. The summed E-state index contributed by atoms with van der Waals surface area (Å²) in [7, 11) is 1.31. The van der Waals surface area contributed by atoms with Crippen LogP contribution >= 0.6 is 0 Å². The summed E-state index contributed by atoms with van der Waals surface area (Å²) in [6.07, 6.45) is 5.15. The summed E-state index contributed by atoms with van der Waals surface area (Å²) in [6, 6.07) is 6.78. The molecule has 0 saturated heterocycles. The van der Waals surface area contributed by atoms with Crippen molar-refractivity contribution in [3.8, 4) is 5.75 Å². The van der Waals surface area contributed by atoms with Gasteiger partial charge in [-0.1, -0.05) is 19.4 Å². The van der Waals surface area contributed by atoms with Gasteiger partial charge in [-0.15, -0.1) is 0 Å². The van der Waals surface area contributed by atoms with Gasteiger partial charge in [0.2, 0.25) is 5.91 Å². The number of pyridine rings is 2. The zero-order chi connectivity index (χ0) is 22.7. The Morgan fingerprint density at radius 2 is 2.06 bits per heavy atom. The lowest BCUT2D eigenvalue weighted by molar-refractivity contribution is -0.132. The molecule has 1 amide bonds. The number of carbonyl (C=O) groups excluding carboxylic acids is 2. The summed E-state index contributed by atoms with van der Waals surface area (Å²) in [5.74, 6) is 0.373. The minimum Gasteiger partial charge on any atom is -0.486 e. The van der Waals surface area contributed by atoms with Crippen LogP contribution in [0.25, 0.3) is 0 Å². The molecule has 170 valence electrons. The maximum atomic E-state index is 13.0. The number of fused-ring (bicyclic) bond motifs is 1. The summed E-state index contributed by atoms with van der Waals surface area (Å²) in [6.45, 7) is 3.52. The average molecular weight is 440 g/mol. The Balaban J connectivity index is 1.58. The zero-order valence-electron chi connectivity index (χ0n) is 18.6. The van der Waals surface area contributed by atoms with E-state index in [1.165, 1.54) is 13.2 Å². The Bertz CT molecular complexity index is 1050. The Hall–Kier alpha value is -3.16. The Labute approximate surface area is 187 Å². The number of esters is 1. The van der Waals surface area contributed by atoms with E-state index >= 15 is 0 Å². The summed E-state index contributed by atoms with van der Waals surface area (Å²) in [5.41, 5.74) is 1.22. The van der Waals surface area contributed by atoms with Crippen LogP contribution in [0.3, 0.4) is 0 Å². The lowest BCUT2D eigenvalue weighted by Gasteiger charge is -2.20. The predicted molar refractivity (Wildman–Crippen MR) is 117 cm³/mol. The molecule has 8 heteroatoms. The lowest BCUT2D eigenvalue weighted by Crippen LogP contribution is -2.35. The van der Waals surface area contributed by atoms with E-state index in [2.05, 4.69) is 11.9 Å². The first-order valence-electron chi connectivity index (χ1n) is 11.2. The quantitative estimate of drug-likeness (QED) is 0.616. The molecular formula is C24H29N3O5. The first-order chi connectivity index (χ1) is 15.5. The van der Waals surface area contributed by atoms with E-state index in [0.29, 0.717) is 43.4 Å². The van der Waals surface area contributed by atoms with Gasteiger partial charge in [-0.25, -0.2) is 4.79 Å². The first kappa shape index (κ1) is 22.0. The van der Waals surface area contributed by atoms with Gasteiger partial charge < -0.3 is 18.9 Å². The highest BCUT2D eigenvalue weighted by atomic mass is 16.5. The number of hydrogen-bond donors (Lipinski definition) is 0. The standard InChI is InChI=1S/C24H29N3O5/c1-3-6-16-13-18(16)23(29)26-10-8-19-22(24(30)31-2)20(14-21(28)27(19)12-11-26)32-15-17-7-4-5-9-25-17/h4-5,7,9,14,16,18H,3,6,8,10-13,15H2,1-2H3/t16-,18+/m0/s1. The molecule has 2 aromatic heterocycles. The molecular weight excluding hydrogens is 410 g/mol. The van der Waals surface area contributed by atoms with Crippen molar-refractivity contribution in [1.29, 1.82) is 0 Å². The molecule has 2 atom stereocenters. The number of ether oxygens (including phenoxy) is 2. The second-order valence-corrected chi connectivity index (χ2v) is 8.39. The second-order valence-electron chi connectivity index (χ2n) is 8.39. The minimum absolute atomic E-state index is 0.102. The van der Waals surface area contributed by atoms with Crippen molar-refractivity contribution < 1.29 is 19.1 Å². The van der Waals surface area contributed by atoms with Gasteiger partial charge in [0.25, 0.3) is 5.56 Å². The molecule has 3 heterocycles. The van der Waals surface area contributed by atoms with E-state index in [-0.39, 0.29) is 35.3 Å². The van der Waals surface area contributed by atoms with E-state index in [9.17, 15) is 14.4 Å². The molecule has 1 aliphatic carbocycles. The van der Waals surface area contributed by atoms with Crippen LogP contribution < -0.4 is 10.3 Å². The smallest absolute Gasteiger partial charge is 0.343 e. The van der Waals surface area contributed by atoms with Gasteiger partial charge in [-0.2, -0.15) is 0 Å². The van der Waals surface area contributed by atoms with Crippen LogP contribution in [0, 0.1) is 11.8 Å². The Morgan fingerprint density at radius 3 is 2.78 bits per heavy atom. The molecule has 2 aliphatic rings. The molecule has 0 bridgehead atoms. The van der Waals surface area contributed by atoms with E-state index in [1.54, 1.807) is 22.9 Å². The van der Waals surface area contributed by atoms with Gasteiger partial charge in [0.05, 0.1) is 12.8 Å². The van der Waals surface area contributed by atoms with Crippen molar-refractivity contribution in [2.45, 2.75) is 45.8 Å². The summed E-state index contributed by atoms with van der Waals surface area (Å²) >= 11 is 0. The first-order valence-corrected chi connectivity index (χ1v) is 11.2. The summed E-state index contributed by atoms with van der Waals surface area (Å²) < 4.78 is 12.4. The second kappa shape index (κ2) is 9.54. The fourth-order valence-corrected chi connectivity index (χ4v) is 4.52.